The molecule has 0 aliphatic heterocycles. The van der Waals surface area contributed by atoms with Gasteiger partial charge in [-0.05, 0) is 33.6 Å². The molecule has 106 valence electrons. The number of ether oxygens (including phenoxy) is 1. The molecule has 20 heavy (non-hydrogen) atoms. The third-order valence-electron chi connectivity index (χ3n) is 2.84. The Balaban J connectivity index is 2.16. The minimum atomic E-state index is 0.0350. The lowest BCUT2D eigenvalue weighted by Crippen LogP contribution is -2.15. The molecule has 0 aliphatic rings. The van der Waals surface area contributed by atoms with Crippen LogP contribution in [0, 0.1) is 0 Å². The van der Waals surface area contributed by atoms with E-state index in [9.17, 15) is 4.79 Å². The van der Waals surface area contributed by atoms with E-state index < -0.39 is 0 Å². The molecule has 1 aromatic carbocycles. The smallest absolute Gasteiger partial charge is 0.186 e. The fourth-order valence-corrected chi connectivity index (χ4v) is 2.64. The normalized spacial score (nSPS) is 10.8. The Morgan fingerprint density at radius 2 is 2.00 bits per heavy atom. The quantitative estimate of drug-likeness (QED) is 0.696. The monoisotopic (exact) mass is 400 g/mol. The largest absolute Gasteiger partial charge is 0.383 e. The van der Waals surface area contributed by atoms with Crippen LogP contribution in [0.1, 0.15) is 16.1 Å². The number of methoxy groups -OCH3 is 1. The molecule has 1 heterocycles. The van der Waals surface area contributed by atoms with Crippen molar-refractivity contribution in [2.45, 2.75) is 13.0 Å². The zero-order valence-electron chi connectivity index (χ0n) is 11.0. The van der Waals surface area contributed by atoms with Gasteiger partial charge in [0.2, 0.25) is 0 Å². The molecule has 1 aromatic heterocycles. The predicted octanol–water partition coefficient (Wildman–Crippen LogP) is 3.48. The highest BCUT2D eigenvalue weighted by molar-refractivity contribution is 9.10. The maximum atomic E-state index is 12.4. The van der Waals surface area contributed by atoms with E-state index in [1.165, 1.54) is 0 Å². The van der Waals surface area contributed by atoms with Crippen molar-refractivity contribution in [1.82, 2.24) is 9.78 Å². The Kier molecular flexibility index (Phi) is 5.51. The molecule has 0 amide bonds. The van der Waals surface area contributed by atoms with E-state index >= 15 is 0 Å². The molecule has 6 heteroatoms. The maximum Gasteiger partial charge on any atom is 0.186 e. The first kappa shape index (κ1) is 15.4. The second-order valence-corrected chi connectivity index (χ2v) is 6.05. The highest BCUT2D eigenvalue weighted by atomic mass is 79.9. The Hall–Kier alpha value is -0.980. The van der Waals surface area contributed by atoms with E-state index in [0.717, 1.165) is 14.5 Å². The molecule has 2 rings (SSSR count). The Morgan fingerprint density at radius 1 is 1.30 bits per heavy atom. The number of aromatic nitrogens is 2. The molecule has 4 nitrogen and oxygen atoms in total. The van der Waals surface area contributed by atoms with Crippen LogP contribution in [0.5, 0.6) is 0 Å². The Morgan fingerprint density at radius 3 is 2.65 bits per heavy atom. The predicted molar refractivity (Wildman–Crippen MR) is 84.0 cm³/mol. The first-order valence-corrected chi connectivity index (χ1v) is 7.68. The zero-order valence-corrected chi connectivity index (χ0v) is 14.1. The van der Waals surface area contributed by atoms with Gasteiger partial charge in [-0.25, -0.2) is 0 Å². The average molecular weight is 402 g/mol. The van der Waals surface area contributed by atoms with Gasteiger partial charge in [-0.15, -0.1) is 0 Å². The van der Waals surface area contributed by atoms with Crippen molar-refractivity contribution >= 4 is 37.6 Å². The molecule has 0 fully saturated rings. The number of rotatable bonds is 6. The van der Waals surface area contributed by atoms with Gasteiger partial charge in [-0.3, -0.25) is 9.48 Å². The zero-order chi connectivity index (χ0) is 14.5. The van der Waals surface area contributed by atoms with Crippen LogP contribution in [0.2, 0.25) is 0 Å². The topological polar surface area (TPSA) is 44.1 Å². The average Bonchev–Trinajstić information content (AvgIpc) is 2.80. The van der Waals surface area contributed by atoms with E-state index in [1.54, 1.807) is 18.0 Å². The summed E-state index contributed by atoms with van der Waals surface area (Å²) < 4.78 is 8.42. The minimum Gasteiger partial charge on any atom is -0.383 e. The van der Waals surface area contributed by atoms with Crippen LogP contribution in [0.3, 0.4) is 0 Å². The number of carbonyl (C=O) groups excluding carboxylic acids is 1. The van der Waals surface area contributed by atoms with Crippen molar-refractivity contribution in [3.8, 4) is 0 Å². The lowest BCUT2D eigenvalue weighted by atomic mass is 10.1. The van der Waals surface area contributed by atoms with Crippen molar-refractivity contribution in [2.24, 2.45) is 0 Å². The van der Waals surface area contributed by atoms with E-state index in [2.05, 4.69) is 37.0 Å². The highest BCUT2D eigenvalue weighted by Crippen LogP contribution is 2.19. The lowest BCUT2D eigenvalue weighted by molar-refractivity contribution is 0.0978. The van der Waals surface area contributed by atoms with Crippen LogP contribution in [0.15, 0.2) is 39.4 Å². The number of Topliss-reactive ketones (excluding diaryl/α,β-unsaturated/α-hetero) is 1. The third-order valence-corrected chi connectivity index (χ3v) is 3.95. The fourth-order valence-electron chi connectivity index (χ4n) is 1.86. The van der Waals surface area contributed by atoms with Gasteiger partial charge in [0.05, 0.1) is 23.8 Å². The number of ketones is 1. The number of carbonyl (C=O) groups is 1. The van der Waals surface area contributed by atoms with Gasteiger partial charge >= 0.3 is 0 Å². The molecule has 0 N–H and O–H groups in total. The van der Waals surface area contributed by atoms with E-state index in [0.29, 0.717) is 25.3 Å². The van der Waals surface area contributed by atoms with Crippen LogP contribution in [-0.2, 0) is 17.7 Å². The fraction of sp³-hybridized carbons (Fsp3) is 0.286. The number of hydrogen-bond acceptors (Lipinski definition) is 3. The molecule has 0 radical (unpaired) electrons. The summed E-state index contributed by atoms with van der Waals surface area (Å²) in [6.45, 7) is 1.08. The summed E-state index contributed by atoms with van der Waals surface area (Å²) in [6.07, 6.45) is 2.00. The van der Waals surface area contributed by atoms with Gasteiger partial charge in [-0.1, -0.05) is 28.1 Å². The van der Waals surface area contributed by atoms with Crippen LogP contribution in [-0.4, -0.2) is 29.3 Å². The van der Waals surface area contributed by atoms with Gasteiger partial charge in [-0.2, -0.15) is 5.10 Å². The van der Waals surface area contributed by atoms with Crippen LogP contribution in [0.25, 0.3) is 0 Å². The summed E-state index contributed by atoms with van der Waals surface area (Å²) in [5.41, 5.74) is 1.56. The molecular formula is C14H14Br2N2O2. The van der Waals surface area contributed by atoms with Crippen LogP contribution in [0.4, 0.5) is 0 Å². The summed E-state index contributed by atoms with van der Waals surface area (Å²) in [5.74, 6) is 0.0350. The summed E-state index contributed by atoms with van der Waals surface area (Å²) in [5, 5.41) is 4.19. The van der Waals surface area contributed by atoms with Crippen molar-refractivity contribution in [2.75, 3.05) is 13.7 Å². The molecule has 0 aliphatic carbocycles. The van der Waals surface area contributed by atoms with Gasteiger partial charge < -0.3 is 4.74 Å². The second-order valence-electron chi connectivity index (χ2n) is 4.28. The lowest BCUT2D eigenvalue weighted by Gasteiger charge is -2.07. The van der Waals surface area contributed by atoms with Gasteiger partial charge in [0.15, 0.2) is 5.78 Å². The first-order chi connectivity index (χ1) is 9.61. The molecule has 0 unspecified atom stereocenters. The second kappa shape index (κ2) is 7.15. The molecule has 0 saturated carbocycles. The third kappa shape index (κ3) is 3.77. The summed E-state index contributed by atoms with van der Waals surface area (Å²) in [6, 6.07) is 7.73. The molecule has 0 spiro atoms. The van der Waals surface area contributed by atoms with Gasteiger partial charge in [0, 0.05) is 18.0 Å². The SMILES string of the molecule is COCCn1ncc(Br)c1C(=O)Cc1ccc(Br)cc1. The molecular weight excluding hydrogens is 388 g/mol. The maximum absolute atomic E-state index is 12.4. The van der Waals surface area contributed by atoms with Crippen molar-refractivity contribution in [3.05, 3.63) is 50.7 Å². The summed E-state index contributed by atoms with van der Waals surface area (Å²) in [7, 11) is 1.63. The first-order valence-electron chi connectivity index (χ1n) is 6.09. The standard InChI is InChI=1S/C14H14Br2N2O2/c1-20-7-6-18-14(12(16)9-17-18)13(19)8-10-2-4-11(15)5-3-10/h2-5,9H,6-8H2,1H3. The summed E-state index contributed by atoms with van der Waals surface area (Å²) in [4.78, 5) is 12.4. The molecule has 2 aromatic rings. The van der Waals surface area contributed by atoms with Gasteiger partial charge in [0.25, 0.3) is 0 Å². The molecule has 0 atom stereocenters. The minimum absolute atomic E-state index is 0.0350. The molecule has 0 saturated heterocycles. The van der Waals surface area contributed by atoms with Crippen LogP contribution >= 0.6 is 31.9 Å². The van der Waals surface area contributed by atoms with Crippen LogP contribution < -0.4 is 0 Å². The van der Waals surface area contributed by atoms with E-state index in [-0.39, 0.29) is 5.78 Å². The van der Waals surface area contributed by atoms with Crippen molar-refractivity contribution in [1.29, 1.82) is 0 Å². The van der Waals surface area contributed by atoms with Gasteiger partial charge in [0.1, 0.15) is 5.69 Å². The Bertz CT molecular complexity index is 594. The molecule has 0 bridgehead atoms. The number of nitrogens with zero attached hydrogens (tertiary/aromatic N) is 2. The number of halogens is 2. The summed E-state index contributed by atoms with van der Waals surface area (Å²) >= 11 is 6.76. The number of benzene rings is 1. The number of hydrogen-bond donors (Lipinski definition) is 0. The van der Waals surface area contributed by atoms with E-state index in [1.807, 2.05) is 24.3 Å². The Labute approximate surface area is 134 Å². The van der Waals surface area contributed by atoms with E-state index in [4.69, 9.17) is 4.74 Å². The van der Waals surface area contributed by atoms with Crippen molar-refractivity contribution < 1.29 is 9.53 Å². The van der Waals surface area contributed by atoms with Crippen molar-refractivity contribution in [3.63, 3.8) is 0 Å². The highest BCUT2D eigenvalue weighted by Gasteiger charge is 2.17.